The quantitative estimate of drug-likeness (QED) is 0.435. The van der Waals surface area contributed by atoms with Gasteiger partial charge in [-0.1, -0.05) is 24.3 Å². The second-order valence-electron chi connectivity index (χ2n) is 8.54. The lowest BCUT2D eigenvalue weighted by molar-refractivity contribution is 0.353. The molecule has 3 aromatic rings. The molecule has 1 aliphatic heterocycles. The number of rotatable bonds is 8. The molecule has 1 N–H and O–H groups in total. The summed E-state index contributed by atoms with van der Waals surface area (Å²) in [6.07, 6.45) is 2.26. The number of ether oxygens (including phenoxy) is 3. The molecule has 1 heterocycles. The Labute approximate surface area is 209 Å². The molecule has 1 fully saturated rings. The third kappa shape index (κ3) is 5.78. The molecule has 3 aromatic carbocycles. The summed E-state index contributed by atoms with van der Waals surface area (Å²) in [5.41, 5.74) is 5.84. The zero-order valence-electron chi connectivity index (χ0n) is 20.5. The van der Waals surface area contributed by atoms with Crippen molar-refractivity contribution in [2.45, 2.75) is 32.4 Å². The minimum atomic E-state index is 0. The summed E-state index contributed by atoms with van der Waals surface area (Å²) in [7, 11) is 5.09. The van der Waals surface area contributed by atoms with E-state index in [-0.39, 0.29) is 12.4 Å². The lowest BCUT2D eigenvalue weighted by Gasteiger charge is -2.37. The van der Waals surface area contributed by atoms with Crippen molar-refractivity contribution in [3.63, 3.8) is 0 Å². The van der Waals surface area contributed by atoms with Gasteiger partial charge in [0.1, 0.15) is 5.75 Å². The average Bonchev–Trinajstić information content (AvgIpc) is 2.87. The Balaban J connectivity index is 0.00000324. The molecule has 1 saturated heterocycles. The molecule has 0 radical (unpaired) electrons. The summed E-state index contributed by atoms with van der Waals surface area (Å²) in [5, 5.41) is 3.49. The second kappa shape index (κ2) is 12.0. The Bertz CT molecular complexity index is 1080. The number of nitrogens with one attached hydrogen (secondary N) is 1. The van der Waals surface area contributed by atoms with E-state index in [9.17, 15) is 0 Å². The fourth-order valence-electron chi connectivity index (χ4n) is 4.71. The third-order valence-electron chi connectivity index (χ3n) is 6.41. The lowest BCUT2D eigenvalue weighted by Crippen LogP contribution is -2.43. The molecule has 0 aromatic heterocycles. The van der Waals surface area contributed by atoms with Crippen LogP contribution in [0.2, 0.25) is 0 Å². The minimum Gasteiger partial charge on any atom is -0.497 e. The zero-order chi connectivity index (χ0) is 23.2. The van der Waals surface area contributed by atoms with Gasteiger partial charge in [-0.3, -0.25) is 0 Å². The van der Waals surface area contributed by atoms with Crippen LogP contribution >= 0.6 is 12.4 Å². The molecule has 0 spiro atoms. The molecule has 0 amide bonds. The minimum absolute atomic E-state index is 0. The van der Waals surface area contributed by atoms with Crippen molar-refractivity contribution in [1.82, 2.24) is 5.32 Å². The van der Waals surface area contributed by atoms with Crippen LogP contribution in [0.4, 0.5) is 5.69 Å². The molecular weight excluding hydrogens is 448 g/mol. The number of hydrogen-bond acceptors (Lipinski definition) is 5. The molecule has 182 valence electrons. The molecule has 4 rings (SSSR count). The predicted octanol–water partition coefficient (Wildman–Crippen LogP) is 5.87. The molecular formula is C28H35ClN2O3. The van der Waals surface area contributed by atoms with E-state index in [0.29, 0.717) is 6.04 Å². The van der Waals surface area contributed by atoms with Gasteiger partial charge in [-0.15, -0.1) is 12.4 Å². The SMILES string of the molecule is COc1cccc(N(Cc2cccc(-c3cc(C)c(OC)c(OC)c3)c2)C2CCNCC2)c1.Cl. The largest absolute Gasteiger partial charge is 0.497 e. The number of piperidine rings is 1. The van der Waals surface area contributed by atoms with Gasteiger partial charge in [0.05, 0.1) is 21.3 Å². The van der Waals surface area contributed by atoms with Crippen LogP contribution in [0.25, 0.3) is 11.1 Å². The van der Waals surface area contributed by atoms with Gasteiger partial charge in [0.25, 0.3) is 0 Å². The third-order valence-corrected chi connectivity index (χ3v) is 6.41. The number of nitrogens with zero attached hydrogens (tertiary/aromatic N) is 1. The van der Waals surface area contributed by atoms with Crippen molar-refractivity contribution in [1.29, 1.82) is 0 Å². The highest BCUT2D eigenvalue weighted by molar-refractivity contribution is 5.85. The fraction of sp³-hybridized carbons (Fsp3) is 0.357. The normalized spacial score (nSPS) is 13.6. The van der Waals surface area contributed by atoms with Gasteiger partial charge in [0, 0.05) is 24.3 Å². The predicted molar refractivity (Wildman–Crippen MR) is 142 cm³/mol. The first-order chi connectivity index (χ1) is 16.1. The molecule has 0 atom stereocenters. The molecule has 1 aliphatic rings. The van der Waals surface area contributed by atoms with Crippen molar-refractivity contribution in [3.8, 4) is 28.4 Å². The maximum absolute atomic E-state index is 5.58. The number of aryl methyl sites for hydroxylation is 1. The lowest BCUT2D eigenvalue weighted by atomic mass is 9.98. The molecule has 6 heteroatoms. The molecule has 0 unspecified atom stereocenters. The van der Waals surface area contributed by atoms with E-state index in [0.717, 1.165) is 60.9 Å². The number of hydrogen-bond donors (Lipinski definition) is 1. The average molecular weight is 483 g/mol. The topological polar surface area (TPSA) is 43.0 Å². The van der Waals surface area contributed by atoms with Gasteiger partial charge >= 0.3 is 0 Å². The molecule has 0 aliphatic carbocycles. The Morgan fingerprint density at radius 1 is 0.853 bits per heavy atom. The van der Waals surface area contributed by atoms with Crippen LogP contribution in [0.3, 0.4) is 0 Å². The van der Waals surface area contributed by atoms with Crippen LogP contribution < -0.4 is 24.4 Å². The van der Waals surface area contributed by atoms with Crippen molar-refractivity contribution in [2.24, 2.45) is 0 Å². The van der Waals surface area contributed by atoms with Crippen LogP contribution in [-0.2, 0) is 6.54 Å². The maximum atomic E-state index is 5.58. The first kappa shape index (κ1) is 25.7. The second-order valence-corrected chi connectivity index (χ2v) is 8.54. The van der Waals surface area contributed by atoms with E-state index < -0.39 is 0 Å². The summed E-state index contributed by atoms with van der Waals surface area (Å²) >= 11 is 0. The number of methoxy groups -OCH3 is 3. The first-order valence-corrected chi connectivity index (χ1v) is 11.6. The van der Waals surface area contributed by atoms with E-state index in [1.807, 2.05) is 6.07 Å². The number of benzene rings is 3. The number of halogens is 1. The van der Waals surface area contributed by atoms with Crippen LogP contribution in [0.1, 0.15) is 24.0 Å². The molecule has 5 nitrogen and oxygen atoms in total. The summed E-state index contributed by atoms with van der Waals surface area (Å²) in [6, 6.07) is 21.9. The molecule has 0 saturated carbocycles. The highest BCUT2D eigenvalue weighted by Crippen LogP contribution is 2.36. The summed E-state index contributed by atoms with van der Waals surface area (Å²) in [6.45, 7) is 5.00. The maximum Gasteiger partial charge on any atom is 0.163 e. The molecule has 34 heavy (non-hydrogen) atoms. The molecule has 0 bridgehead atoms. The smallest absolute Gasteiger partial charge is 0.163 e. The Kier molecular flexibility index (Phi) is 9.08. The van der Waals surface area contributed by atoms with Gasteiger partial charge in [-0.05, 0) is 85.4 Å². The van der Waals surface area contributed by atoms with Crippen LogP contribution in [0, 0.1) is 6.92 Å². The van der Waals surface area contributed by atoms with E-state index in [1.165, 1.54) is 16.8 Å². The van der Waals surface area contributed by atoms with Crippen molar-refractivity contribution in [3.05, 3.63) is 71.8 Å². The van der Waals surface area contributed by atoms with Gasteiger partial charge in [0.2, 0.25) is 0 Å². The van der Waals surface area contributed by atoms with Crippen molar-refractivity contribution < 1.29 is 14.2 Å². The Morgan fingerprint density at radius 3 is 2.32 bits per heavy atom. The van der Waals surface area contributed by atoms with E-state index in [1.54, 1.807) is 21.3 Å². The van der Waals surface area contributed by atoms with E-state index in [4.69, 9.17) is 14.2 Å². The van der Waals surface area contributed by atoms with Gasteiger partial charge in [-0.25, -0.2) is 0 Å². The highest BCUT2D eigenvalue weighted by Gasteiger charge is 2.22. The van der Waals surface area contributed by atoms with Crippen molar-refractivity contribution >= 4 is 18.1 Å². The van der Waals surface area contributed by atoms with Crippen LogP contribution in [0.15, 0.2) is 60.7 Å². The van der Waals surface area contributed by atoms with Crippen LogP contribution in [0.5, 0.6) is 17.2 Å². The van der Waals surface area contributed by atoms with Gasteiger partial charge in [-0.2, -0.15) is 0 Å². The summed E-state index contributed by atoms with van der Waals surface area (Å²) < 4.78 is 16.6. The zero-order valence-corrected chi connectivity index (χ0v) is 21.3. The van der Waals surface area contributed by atoms with E-state index >= 15 is 0 Å². The van der Waals surface area contributed by atoms with Gasteiger partial charge in [0.15, 0.2) is 11.5 Å². The standard InChI is InChI=1S/C28H34N2O3.ClH/c1-20-15-23(17-27(32-3)28(20)33-4)22-8-5-7-21(16-22)19-30(24-11-13-29-14-12-24)25-9-6-10-26(18-25)31-2;/h5-10,15-18,24,29H,11-14,19H2,1-4H3;1H. The first-order valence-electron chi connectivity index (χ1n) is 11.6. The van der Waals surface area contributed by atoms with E-state index in [2.05, 4.69) is 71.7 Å². The van der Waals surface area contributed by atoms with Crippen molar-refractivity contribution in [2.75, 3.05) is 39.3 Å². The Morgan fingerprint density at radius 2 is 1.62 bits per heavy atom. The summed E-state index contributed by atoms with van der Waals surface area (Å²) in [4.78, 5) is 2.53. The summed E-state index contributed by atoms with van der Waals surface area (Å²) in [5.74, 6) is 2.43. The fourth-order valence-corrected chi connectivity index (χ4v) is 4.71. The highest BCUT2D eigenvalue weighted by atomic mass is 35.5. The Hall–Kier alpha value is -2.89. The van der Waals surface area contributed by atoms with Crippen LogP contribution in [-0.4, -0.2) is 40.5 Å². The monoisotopic (exact) mass is 482 g/mol. The van der Waals surface area contributed by atoms with Gasteiger partial charge < -0.3 is 24.4 Å². The number of anilines is 1.